The number of nitrogens with one attached hydrogen (secondary N) is 2. The second kappa shape index (κ2) is 5.54. The van der Waals surface area contributed by atoms with Gasteiger partial charge in [0.25, 0.3) is 0 Å². The zero-order valence-corrected chi connectivity index (χ0v) is 12.9. The lowest BCUT2D eigenvalue weighted by atomic mass is 10.2. The van der Waals surface area contributed by atoms with Crippen LogP contribution in [-0.4, -0.2) is 36.3 Å². The maximum Gasteiger partial charge on any atom is 0.225 e. The summed E-state index contributed by atoms with van der Waals surface area (Å²) >= 11 is 1.70. The van der Waals surface area contributed by atoms with E-state index in [-0.39, 0.29) is 0 Å². The SMILES string of the molecule is CNc1nc(NC2CCC(OC)C2)c2cc(C)sc2n1. The number of anilines is 2. The number of aryl methyl sites for hydroxylation is 1. The van der Waals surface area contributed by atoms with Crippen molar-refractivity contribution in [3.8, 4) is 0 Å². The Hall–Kier alpha value is -1.40. The van der Waals surface area contributed by atoms with Gasteiger partial charge in [0.1, 0.15) is 10.6 Å². The average molecular weight is 292 g/mol. The number of thiophene rings is 1. The molecule has 2 N–H and O–H groups in total. The first-order valence-electron chi connectivity index (χ1n) is 6.95. The Kier molecular flexibility index (Phi) is 3.76. The Labute approximate surface area is 122 Å². The molecule has 2 atom stereocenters. The van der Waals surface area contributed by atoms with Gasteiger partial charge in [-0.25, -0.2) is 4.98 Å². The van der Waals surface area contributed by atoms with Gasteiger partial charge in [-0.2, -0.15) is 4.98 Å². The van der Waals surface area contributed by atoms with Crippen LogP contribution < -0.4 is 10.6 Å². The molecule has 0 spiro atoms. The number of fused-ring (bicyclic) bond motifs is 1. The fourth-order valence-electron chi connectivity index (χ4n) is 2.74. The molecule has 0 bridgehead atoms. The molecule has 6 heteroatoms. The van der Waals surface area contributed by atoms with Gasteiger partial charge in [-0.05, 0) is 32.3 Å². The molecule has 0 saturated heterocycles. The summed E-state index contributed by atoms with van der Waals surface area (Å²) in [6.45, 7) is 2.10. The fourth-order valence-corrected chi connectivity index (χ4v) is 3.62. The van der Waals surface area contributed by atoms with Crippen molar-refractivity contribution < 1.29 is 4.74 Å². The largest absolute Gasteiger partial charge is 0.381 e. The third-order valence-electron chi connectivity index (χ3n) is 3.80. The maximum atomic E-state index is 5.43. The predicted molar refractivity (Wildman–Crippen MR) is 83.8 cm³/mol. The van der Waals surface area contributed by atoms with Crippen LogP contribution in [0.4, 0.5) is 11.8 Å². The van der Waals surface area contributed by atoms with Gasteiger partial charge in [0.05, 0.1) is 11.5 Å². The number of hydrogen-bond donors (Lipinski definition) is 2. The zero-order valence-electron chi connectivity index (χ0n) is 12.1. The zero-order chi connectivity index (χ0) is 14.1. The summed E-state index contributed by atoms with van der Waals surface area (Å²) in [6.07, 6.45) is 3.66. The maximum absolute atomic E-state index is 5.43. The molecular weight excluding hydrogens is 272 g/mol. The van der Waals surface area contributed by atoms with Crippen LogP contribution in [0.2, 0.25) is 0 Å². The predicted octanol–water partition coefficient (Wildman–Crippen LogP) is 3.02. The van der Waals surface area contributed by atoms with Gasteiger partial charge in [0.2, 0.25) is 5.95 Å². The van der Waals surface area contributed by atoms with E-state index in [1.165, 1.54) is 4.88 Å². The van der Waals surface area contributed by atoms with E-state index < -0.39 is 0 Å². The first-order chi connectivity index (χ1) is 9.69. The van der Waals surface area contributed by atoms with Gasteiger partial charge in [-0.1, -0.05) is 0 Å². The van der Waals surface area contributed by atoms with Crippen LogP contribution in [-0.2, 0) is 4.74 Å². The molecule has 1 saturated carbocycles. The molecule has 2 aromatic heterocycles. The normalized spacial score (nSPS) is 22.4. The molecule has 0 radical (unpaired) electrons. The Bertz CT molecular complexity index is 612. The summed E-state index contributed by atoms with van der Waals surface area (Å²) in [5, 5.41) is 7.72. The molecule has 0 aromatic carbocycles. The van der Waals surface area contributed by atoms with Gasteiger partial charge < -0.3 is 15.4 Å². The van der Waals surface area contributed by atoms with Gasteiger partial charge in [0, 0.05) is 25.1 Å². The lowest BCUT2D eigenvalue weighted by Crippen LogP contribution is -2.18. The lowest BCUT2D eigenvalue weighted by Gasteiger charge is -2.15. The molecule has 1 aliphatic rings. The summed E-state index contributed by atoms with van der Waals surface area (Å²) in [6, 6.07) is 2.59. The average Bonchev–Trinajstić information content (AvgIpc) is 3.04. The summed E-state index contributed by atoms with van der Waals surface area (Å²) in [7, 11) is 3.64. The highest BCUT2D eigenvalue weighted by Gasteiger charge is 2.25. The molecule has 0 aliphatic heterocycles. The monoisotopic (exact) mass is 292 g/mol. The second-order valence-electron chi connectivity index (χ2n) is 5.23. The molecule has 3 rings (SSSR count). The van der Waals surface area contributed by atoms with Crippen LogP contribution in [0.15, 0.2) is 6.07 Å². The molecular formula is C14H20N4OS. The van der Waals surface area contributed by atoms with Crippen LogP contribution in [0.5, 0.6) is 0 Å². The van der Waals surface area contributed by atoms with Crippen molar-refractivity contribution >= 4 is 33.3 Å². The van der Waals surface area contributed by atoms with Crippen LogP contribution in [0.25, 0.3) is 10.2 Å². The van der Waals surface area contributed by atoms with E-state index in [9.17, 15) is 0 Å². The van der Waals surface area contributed by atoms with E-state index in [1.807, 2.05) is 7.05 Å². The van der Waals surface area contributed by atoms with Gasteiger partial charge in [0.15, 0.2) is 0 Å². The number of rotatable bonds is 4. The molecule has 2 heterocycles. The van der Waals surface area contributed by atoms with E-state index in [0.29, 0.717) is 18.1 Å². The van der Waals surface area contributed by atoms with Crippen LogP contribution in [0.3, 0.4) is 0 Å². The standard InChI is InChI=1S/C14H20N4OS/c1-8-6-11-12(16-9-4-5-10(7-9)19-3)17-14(15-2)18-13(11)20-8/h6,9-10H,4-5,7H2,1-3H3,(H2,15,16,17,18). The Morgan fingerprint density at radius 2 is 2.20 bits per heavy atom. The first kappa shape index (κ1) is 13.6. The van der Waals surface area contributed by atoms with E-state index in [4.69, 9.17) is 4.74 Å². The van der Waals surface area contributed by atoms with Crippen molar-refractivity contribution in [1.29, 1.82) is 0 Å². The number of ether oxygens (including phenoxy) is 1. The Balaban J connectivity index is 1.89. The molecule has 108 valence electrons. The minimum Gasteiger partial charge on any atom is -0.381 e. The molecule has 20 heavy (non-hydrogen) atoms. The van der Waals surface area contributed by atoms with Crippen LogP contribution in [0.1, 0.15) is 24.1 Å². The van der Waals surface area contributed by atoms with Crippen LogP contribution in [0, 0.1) is 6.92 Å². The summed E-state index contributed by atoms with van der Waals surface area (Å²) in [4.78, 5) is 11.4. The molecule has 5 nitrogen and oxygen atoms in total. The number of methoxy groups -OCH3 is 1. The second-order valence-corrected chi connectivity index (χ2v) is 6.47. The van der Waals surface area contributed by atoms with E-state index in [0.717, 1.165) is 35.3 Å². The third kappa shape index (κ3) is 2.58. The van der Waals surface area contributed by atoms with E-state index >= 15 is 0 Å². The van der Waals surface area contributed by atoms with Gasteiger partial charge in [-0.15, -0.1) is 11.3 Å². The topological polar surface area (TPSA) is 59.1 Å². The summed E-state index contributed by atoms with van der Waals surface area (Å²) < 4.78 is 5.43. The quantitative estimate of drug-likeness (QED) is 0.907. The Morgan fingerprint density at radius 3 is 2.90 bits per heavy atom. The van der Waals surface area contributed by atoms with Crippen molar-refractivity contribution in [1.82, 2.24) is 9.97 Å². The van der Waals surface area contributed by atoms with Gasteiger partial charge >= 0.3 is 0 Å². The number of nitrogens with zero attached hydrogens (tertiary/aromatic N) is 2. The molecule has 1 fully saturated rings. The van der Waals surface area contributed by atoms with Crippen molar-refractivity contribution in [3.05, 3.63) is 10.9 Å². The highest BCUT2D eigenvalue weighted by atomic mass is 32.1. The molecule has 2 aromatic rings. The number of aromatic nitrogens is 2. The number of hydrogen-bond acceptors (Lipinski definition) is 6. The molecule has 2 unspecified atom stereocenters. The molecule has 1 aliphatic carbocycles. The smallest absolute Gasteiger partial charge is 0.225 e. The fraction of sp³-hybridized carbons (Fsp3) is 0.571. The van der Waals surface area contributed by atoms with Crippen molar-refractivity contribution in [2.45, 2.75) is 38.3 Å². The summed E-state index contributed by atoms with van der Waals surface area (Å²) in [5.41, 5.74) is 0. The highest BCUT2D eigenvalue weighted by Crippen LogP contribution is 2.32. The Morgan fingerprint density at radius 1 is 1.35 bits per heavy atom. The van der Waals surface area contributed by atoms with Crippen molar-refractivity contribution in [3.63, 3.8) is 0 Å². The lowest BCUT2D eigenvalue weighted by molar-refractivity contribution is 0.108. The first-order valence-corrected chi connectivity index (χ1v) is 7.76. The van der Waals surface area contributed by atoms with E-state index in [2.05, 4.69) is 33.6 Å². The van der Waals surface area contributed by atoms with Crippen molar-refractivity contribution in [2.24, 2.45) is 0 Å². The van der Waals surface area contributed by atoms with Gasteiger partial charge in [-0.3, -0.25) is 0 Å². The van der Waals surface area contributed by atoms with Crippen LogP contribution >= 0.6 is 11.3 Å². The summed E-state index contributed by atoms with van der Waals surface area (Å²) in [5.74, 6) is 1.61. The van der Waals surface area contributed by atoms with E-state index in [1.54, 1.807) is 18.4 Å². The minimum absolute atomic E-state index is 0.373. The minimum atomic E-state index is 0.373. The highest BCUT2D eigenvalue weighted by molar-refractivity contribution is 7.18. The van der Waals surface area contributed by atoms with Crippen molar-refractivity contribution in [2.75, 3.05) is 24.8 Å². The molecule has 0 amide bonds. The third-order valence-corrected chi connectivity index (χ3v) is 4.74.